The van der Waals surface area contributed by atoms with E-state index in [2.05, 4.69) is 4.98 Å². The first-order valence-corrected chi connectivity index (χ1v) is 11.4. The van der Waals surface area contributed by atoms with E-state index in [-0.39, 0.29) is 28.6 Å². The van der Waals surface area contributed by atoms with Crippen molar-refractivity contribution in [2.75, 3.05) is 6.26 Å². The first-order valence-electron chi connectivity index (χ1n) is 9.08. The normalized spacial score (nSPS) is 11.8. The summed E-state index contributed by atoms with van der Waals surface area (Å²) in [6.45, 7) is -1.42. The molecule has 6 nitrogen and oxygen atoms in total. The molecule has 31 heavy (non-hydrogen) atoms. The minimum Gasteiger partial charge on any atom is -0.481 e. The monoisotopic (exact) mass is 470 g/mol. The molecule has 0 atom stereocenters. The lowest BCUT2D eigenvalue weighted by Gasteiger charge is -2.13. The van der Waals surface area contributed by atoms with Gasteiger partial charge in [0.1, 0.15) is 5.02 Å². The van der Waals surface area contributed by atoms with Gasteiger partial charge in [0, 0.05) is 12.7 Å². The maximum atomic E-state index is 13.1. The predicted octanol–water partition coefficient (Wildman–Crippen LogP) is 3.84. The molecule has 3 rings (SSSR count). The molecule has 0 spiro atoms. The molecule has 2 N–H and O–H groups in total. The summed E-state index contributed by atoms with van der Waals surface area (Å²) in [5.74, 6) is -1.24. The van der Waals surface area contributed by atoms with E-state index in [0.29, 0.717) is 33.2 Å². The number of benzene rings is 2. The van der Waals surface area contributed by atoms with Gasteiger partial charge in [0.25, 0.3) is 0 Å². The Labute approximate surface area is 182 Å². The summed E-state index contributed by atoms with van der Waals surface area (Å²) < 4.78 is 54.2. The van der Waals surface area contributed by atoms with Crippen LogP contribution < -0.4 is 9.72 Å². The number of aromatic amines is 1. The predicted molar refractivity (Wildman–Crippen MR) is 111 cm³/mol. The molecule has 0 aliphatic heterocycles. The number of H-pyrrole nitrogens is 1. The van der Waals surface area contributed by atoms with Gasteiger partial charge in [-0.1, -0.05) is 29.8 Å². The number of alkyl halides is 2. The van der Waals surface area contributed by atoms with Gasteiger partial charge in [-0.3, -0.25) is 4.79 Å². The molecular weight excluding hydrogens is 452 g/mol. The minimum atomic E-state index is -3.38. The third-order valence-electron chi connectivity index (χ3n) is 4.86. The molecule has 0 unspecified atom stereocenters. The zero-order chi connectivity index (χ0) is 22.9. The summed E-state index contributed by atoms with van der Waals surface area (Å²) in [5, 5.41) is 9.99. The van der Waals surface area contributed by atoms with Gasteiger partial charge in [-0.15, -0.1) is 0 Å². The fraction of sp³-hybridized carbons (Fsp3) is 0.238. The first-order chi connectivity index (χ1) is 14.5. The van der Waals surface area contributed by atoms with Crippen LogP contribution in [0.3, 0.4) is 0 Å². The Morgan fingerprint density at radius 3 is 2.39 bits per heavy atom. The Kier molecular flexibility index (Phi) is 6.47. The Morgan fingerprint density at radius 2 is 1.84 bits per heavy atom. The van der Waals surface area contributed by atoms with E-state index in [9.17, 15) is 27.1 Å². The molecular formula is C21H19ClF2NO5S+. The van der Waals surface area contributed by atoms with Crippen LogP contribution in [0.5, 0.6) is 5.88 Å². The average Bonchev–Trinajstić information content (AvgIpc) is 2.66. The number of carboxylic acid groups (broad SMARTS) is 1. The zero-order valence-electron chi connectivity index (χ0n) is 16.6. The highest BCUT2D eigenvalue weighted by Crippen LogP contribution is 2.33. The van der Waals surface area contributed by atoms with Crippen LogP contribution in [-0.2, 0) is 27.5 Å². The number of ether oxygens (including phenoxy) is 1. The number of aliphatic carboxylic acids is 1. The van der Waals surface area contributed by atoms with Crippen molar-refractivity contribution in [3.8, 4) is 5.88 Å². The Balaban J connectivity index is 2.20. The van der Waals surface area contributed by atoms with Gasteiger partial charge in [0.15, 0.2) is 9.84 Å². The summed E-state index contributed by atoms with van der Waals surface area (Å²) in [5.41, 5.74) is 2.34. The zero-order valence-corrected chi connectivity index (χ0v) is 18.2. The molecule has 0 aliphatic carbocycles. The molecule has 10 heteroatoms. The highest BCUT2D eigenvalue weighted by Gasteiger charge is 2.26. The Morgan fingerprint density at radius 1 is 1.19 bits per heavy atom. The van der Waals surface area contributed by atoms with Crippen LogP contribution in [0.1, 0.15) is 22.3 Å². The van der Waals surface area contributed by atoms with Crippen LogP contribution in [0.15, 0.2) is 41.3 Å². The fourth-order valence-electron chi connectivity index (χ4n) is 3.45. The second kappa shape index (κ2) is 8.76. The molecule has 2 aromatic carbocycles. The maximum absolute atomic E-state index is 13.1. The Bertz CT molecular complexity index is 1260. The van der Waals surface area contributed by atoms with Crippen molar-refractivity contribution >= 4 is 38.3 Å². The number of rotatable bonds is 7. The number of aryl methyl sites for hydroxylation is 1. The molecule has 0 radical (unpaired) electrons. The van der Waals surface area contributed by atoms with Crippen LogP contribution in [0.25, 0.3) is 10.9 Å². The van der Waals surface area contributed by atoms with Gasteiger partial charge in [-0.05, 0) is 41.8 Å². The molecule has 164 valence electrons. The van der Waals surface area contributed by atoms with Crippen LogP contribution >= 0.6 is 11.6 Å². The van der Waals surface area contributed by atoms with E-state index in [0.717, 1.165) is 6.26 Å². The quantitative estimate of drug-likeness (QED) is 0.566. The van der Waals surface area contributed by atoms with Gasteiger partial charge in [-0.2, -0.15) is 13.8 Å². The number of fused-ring (bicyclic) bond motifs is 1. The highest BCUT2D eigenvalue weighted by molar-refractivity contribution is 7.90. The number of hydrogen-bond acceptors (Lipinski definition) is 4. The van der Waals surface area contributed by atoms with Crippen LogP contribution in [-0.4, -0.2) is 32.4 Å². The standard InChI is InChI=1S/C21H18ClF2NO5S/c1-11-15(9-12-3-6-14(7-4-12)31(2,28)29)20(30-21(23)24)25-19-16(22)8-5-13(18(11)19)10-17(26)27/h3-8,21H,9-10H2,1-2H3,(H,26,27)/p+1. The smallest absolute Gasteiger partial charge is 0.391 e. The maximum Gasteiger partial charge on any atom is 0.391 e. The number of carbonyl (C=O) groups is 1. The molecule has 0 fully saturated rings. The lowest BCUT2D eigenvalue weighted by molar-refractivity contribution is -0.374. The Hall–Kier alpha value is -2.78. The van der Waals surface area contributed by atoms with E-state index >= 15 is 0 Å². The third-order valence-corrected chi connectivity index (χ3v) is 6.31. The van der Waals surface area contributed by atoms with Crippen molar-refractivity contribution in [1.29, 1.82) is 0 Å². The number of hydrogen-bond donors (Lipinski definition) is 1. The number of aromatic nitrogens is 1. The van der Waals surface area contributed by atoms with E-state index in [1.807, 2.05) is 0 Å². The molecule has 0 amide bonds. The lowest BCUT2D eigenvalue weighted by Crippen LogP contribution is -2.19. The van der Waals surface area contributed by atoms with Crippen molar-refractivity contribution in [3.63, 3.8) is 0 Å². The van der Waals surface area contributed by atoms with Crippen molar-refractivity contribution in [1.82, 2.24) is 0 Å². The van der Waals surface area contributed by atoms with Crippen molar-refractivity contribution in [2.24, 2.45) is 0 Å². The van der Waals surface area contributed by atoms with Gasteiger partial charge < -0.3 is 9.84 Å². The number of nitrogens with one attached hydrogen (secondary N) is 1. The first kappa shape index (κ1) is 22.9. The average molecular weight is 471 g/mol. The summed E-state index contributed by atoms with van der Waals surface area (Å²) in [6, 6.07) is 9.12. The third kappa shape index (κ3) is 5.11. The van der Waals surface area contributed by atoms with Crippen LogP contribution in [0.4, 0.5) is 8.78 Å². The second-order valence-electron chi connectivity index (χ2n) is 7.06. The van der Waals surface area contributed by atoms with E-state index < -0.39 is 22.4 Å². The van der Waals surface area contributed by atoms with Gasteiger partial charge in [0.2, 0.25) is 5.52 Å². The van der Waals surface area contributed by atoms with E-state index in [4.69, 9.17) is 16.3 Å². The molecule has 1 heterocycles. The number of pyridine rings is 1. The molecule has 0 saturated heterocycles. The van der Waals surface area contributed by atoms with Gasteiger partial charge in [-0.25, -0.2) is 8.42 Å². The van der Waals surface area contributed by atoms with Crippen LogP contribution in [0.2, 0.25) is 5.02 Å². The summed E-state index contributed by atoms with van der Waals surface area (Å²) in [7, 11) is -3.38. The lowest BCUT2D eigenvalue weighted by atomic mass is 9.94. The van der Waals surface area contributed by atoms with E-state index in [1.54, 1.807) is 25.1 Å². The number of carboxylic acids is 1. The van der Waals surface area contributed by atoms with Crippen LogP contribution in [0, 0.1) is 6.92 Å². The molecule has 3 aromatic rings. The van der Waals surface area contributed by atoms with Crippen molar-refractivity contribution in [2.45, 2.75) is 31.3 Å². The van der Waals surface area contributed by atoms with Crippen molar-refractivity contribution in [3.05, 3.63) is 63.7 Å². The van der Waals surface area contributed by atoms with E-state index in [1.165, 1.54) is 18.2 Å². The molecule has 0 saturated carbocycles. The summed E-state index contributed by atoms with van der Waals surface area (Å²) in [4.78, 5) is 14.2. The van der Waals surface area contributed by atoms with Gasteiger partial charge in [0.05, 0.1) is 22.3 Å². The number of halogens is 3. The van der Waals surface area contributed by atoms with Crippen molar-refractivity contribution < 1.29 is 36.8 Å². The SMILES string of the molecule is Cc1c(Cc2ccc(S(C)(=O)=O)cc2)c(OC(F)F)[nH+]c2c(Cl)ccc(CC(=O)O)c12. The minimum absolute atomic E-state index is 0.137. The topological polar surface area (TPSA) is 94.8 Å². The van der Waals surface area contributed by atoms with Gasteiger partial charge >= 0.3 is 18.5 Å². The second-order valence-corrected chi connectivity index (χ2v) is 9.48. The summed E-state index contributed by atoms with van der Waals surface area (Å²) in [6.07, 6.45) is 0.954. The molecule has 0 bridgehead atoms. The largest absolute Gasteiger partial charge is 0.481 e. The number of sulfone groups is 1. The fourth-order valence-corrected chi connectivity index (χ4v) is 4.29. The molecule has 0 aliphatic rings. The highest BCUT2D eigenvalue weighted by atomic mass is 35.5. The summed E-state index contributed by atoms with van der Waals surface area (Å²) >= 11 is 6.24. The molecule has 1 aromatic heterocycles.